The molecule has 0 saturated carbocycles. The van der Waals surface area contributed by atoms with Crippen LogP contribution in [0.4, 0.5) is 0 Å². The maximum absolute atomic E-state index is 11.0. The average Bonchev–Trinajstić information content (AvgIpc) is 2.10. The number of hydrogen-bond donors (Lipinski definition) is 2. The van der Waals surface area contributed by atoms with Crippen molar-refractivity contribution in [2.24, 2.45) is 11.5 Å². The van der Waals surface area contributed by atoms with Crippen molar-refractivity contribution in [1.82, 2.24) is 0 Å². The predicted octanol–water partition coefficient (Wildman–Crippen LogP) is -0.427. The Morgan fingerprint density at radius 3 is 2.29 bits per heavy atom. The molecule has 0 aliphatic rings. The first-order valence-electron chi connectivity index (χ1n) is 4.62. The third-order valence-electron chi connectivity index (χ3n) is 1.88. The summed E-state index contributed by atoms with van der Waals surface area (Å²) in [6, 6.07) is -0.745. The zero-order valence-electron chi connectivity index (χ0n) is 8.66. The Morgan fingerprint density at radius 2 is 1.93 bits per heavy atom. The molecule has 5 nitrogen and oxygen atoms in total. The van der Waals surface area contributed by atoms with Crippen molar-refractivity contribution in [2.45, 2.75) is 38.8 Å². The number of nitrogens with two attached hydrogens (primary N) is 2. The molecule has 5 heteroatoms. The minimum absolute atomic E-state index is 0.187. The second-order valence-electron chi connectivity index (χ2n) is 3.22. The topological polar surface area (TPSA) is 95.4 Å². The molecule has 0 aromatic heterocycles. The van der Waals surface area contributed by atoms with E-state index >= 15 is 0 Å². The van der Waals surface area contributed by atoms with Crippen molar-refractivity contribution < 1.29 is 14.3 Å². The third kappa shape index (κ3) is 4.94. The number of carbonyl (C=O) groups excluding carboxylic acids is 2. The van der Waals surface area contributed by atoms with Crippen LogP contribution in [0.3, 0.4) is 0 Å². The fraction of sp³-hybridized carbons (Fsp3) is 0.778. The Kier molecular flexibility index (Phi) is 6.07. The monoisotopic (exact) mass is 202 g/mol. The van der Waals surface area contributed by atoms with Gasteiger partial charge in [-0.2, -0.15) is 0 Å². The first kappa shape index (κ1) is 13.1. The van der Waals surface area contributed by atoms with Crippen LogP contribution in [0.15, 0.2) is 0 Å². The summed E-state index contributed by atoms with van der Waals surface area (Å²) >= 11 is 0. The number of ether oxygens (including phenoxy) is 1. The summed E-state index contributed by atoms with van der Waals surface area (Å²) in [4.78, 5) is 21.7. The van der Waals surface area contributed by atoms with Gasteiger partial charge in [-0.15, -0.1) is 0 Å². The summed E-state index contributed by atoms with van der Waals surface area (Å²) in [5, 5.41) is 0. The SMILES string of the molecule is CC(=O)OC(CCCN)C(N)C(C)=O. The standard InChI is InChI=1S/C9H18N2O3/c1-6(12)9(11)8(4-3-5-10)14-7(2)13/h8-9H,3-5,10-11H2,1-2H3. The molecule has 0 fully saturated rings. The largest absolute Gasteiger partial charge is 0.460 e. The molecular formula is C9H18N2O3. The molecule has 0 bridgehead atoms. The average molecular weight is 202 g/mol. The zero-order chi connectivity index (χ0) is 11.1. The maximum Gasteiger partial charge on any atom is 0.302 e. The van der Waals surface area contributed by atoms with Gasteiger partial charge in [0.1, 0.15) is 17.9 Å². The number of rotatable bonds is 6. The Bertz CT molecular complexity index is 206. The lowest BCUT2D eigenvalue weighted by Crippen LogP contribution is -2.43. The fourth-order valence-electron chi connectivity index (χ4n) is 1.11. The van der Waals surface area contributed by atoms with Crippen molar-refractivity contribution in [2.75, 3.05) is 6.54 Å². The van der Waals surface area contributed by atoms with Crippen molar-refractivity contribution in [3.63, 3.8) is 0 Å². The van der Waals surface area contributed by atoms with Crippen LogP contribution in [0.2, 0.25) is 0 Å². The van der Waals surface area contributed by atoms with E-state index in [-0.39, 0.29) is 5.78 Å². The molecule has 0 aliphatic carbocycles. The van der Waals surface area contributed by atoms with Gasteiger partial charge in [-0.05, 0) is 26.3 Å². The van der Waals surface area contributed by atoms with Crippen LogP contribution in [0.25, 0.3) is 0 Å². The van der Waals surface area contributed by atoms with Crippen LogP contribution in [-0.4, -0.2) is 30.4 Å². The fourth-order valence-corrected chi connectivity index (χ4v) is 1.11. The van der Waals surface area contributed by atoms with Crippen molar-refractivity contribution in [3.05, 3.63) is 0 Å². The highest BCUT2D eigenvalue weighted by atomic mass is 16.5. The first-order valence-corrected chi connectivity index (χ1v) is 4.62. The summed E-state index contributed by atoms with van der Waals surface area (Å²) in [6.45, 7) is 3.16. The molecule has 14 heavy (non-hydrogen) atoms. The van der Waals surface area contributed by atoms with Crippen LogP contribution in [0, 0.1) is 0 Å². The van der Waals surface area contributed by atoms with E-state index in [0.717, 1.165) is 0 Å². The van der Waals surface area contributed by atoms with E-state index in [9.17, 15) is 9.59 Å². The van der Waals surface area contributed by atoms with E-state index in [2.05, 4.69) is 0 Å². The molecule has 0 spiro atoms. The van der Waals surface area contributed by atoms with Gasteiger partial charge in [-0.25, -0.2) is 0 Å². The zero-order valence-corrected chi connectivity index (χ0v) is 8.66. The Balaban J connectivity index is 4.22. The number of Topliss-reactive ketones (excluding diaryl/α,β-unsaturated/α-hetero) is 1. The van der Waals surface area contributed by atoms with Gasteiger partial charge in [0.2, 0.25) is 0 Å². The van der Waals surface area contributed by atoms with Crippen LogP contribution in [0.1, 0.15) is 26.7 Å². The molecule has 0 rings (SSSR count). The minimum Gasteiger partial charge on any atom is -0.460 e. The molecule has 4 N–H and O–H groups in total. The molecule has 0 radical (unpaired) electrons. The van der Waals surface area contributed by atoms with Gasteiger partial charge in [0.05, 0.1) is 0 Å². The molecule has 0 heterocycles. The van der Waals surface area contributed by atoms with Gasteiger partial charge >= 0.3 is 5.97 Å². The Morgan fingerprint density at radius 1 is 1.36 bits per heavy atom. The van der Waals surface area contributed by atoms with Crippen molar-refractivity contribution in [3.8, 4) is 0 Å². The van der Waals surface area contributed by atoms with Gasteiger partial charge in [0.25, 0.3) is 0 Å². The number of hydrogen-bond acceptors (Lipinski definition) is 5. The second kappa shape index (κ2) is 6.50. The number of carbonyl (C=O) groups is 2. The lowest BCUT2D eigenvalue weighted by Gasteiger charge is -2.21. The molecular weight excluding hydrogens is 184 g/mol. The molecule has 0 aromatic carbocycles. The number of esters is 1. The minimum atomic E-state index is -0.745. The van der Waals surface area contributed by atoms with Crippen LogP contribution >= 0.6 is 0 Å². The first-order chi connectivity index (χ1) is 6.49. The molecule has 2 atom stereocenters. The van der Waals surface area contributed by atoms with E-state index < -0.39 is 18.1 Å². The molecule has 0 amide bonds. The van der Waals surface area contributed by atoms with Crippen molar-refractivity contribution in [1.29, 1.82) is 0 Å². The van der Waals surface area contributed by atoms with E-state index in [0.29, 0.717) is 19.4 Å². The lowest BCUT2D eigenvalue weighted by atomic mass is 10.0. The van der Waals surface area contributed by atoms with E-state index in [1.54, 1.807) is 0 Å². The Hall–Kier alpha value is -0.940. The van der Waals surface area contributed by atoms with Crippen molar-refractivity contribution >= 4 is 11.8 Å². The van der Waals surface area contributed by atoms with Gasteiger partial charge in [0, 0.05) is 6.92 Å². The summed E-state index contributed by atoms with van der Waals surface area (Å²) in [5.41, 5.74) is 10.9. The van der Waals surface area contributed by atoms with Gasteiger partial charge in [0.15, 0.2) is 0 Å². The number of ketones is 1. The highest BCUT2D eigenvalue weighted by Crippen LogP contribution is 2.07. The molecule has 0 aromatic rings. The lowest BCUT2D eigenvalue weighted by molar-refractivity contribution is -0.148. The maximum atomic E-state index is 11.0. The smallest absolute Gasteiger partial charge is 0.302 e. The highest BCUT2D eigenvalue weighted by Gasteiger charge is 2.23. The molecule has 0 aliphatic heterocycles. The third-order valence-corrected chi connectivity index (χ3v) is 1.88. The molecule has 0 saturated heterocycles. The van der Waals surface area contributed by atoms with Gasteiger partial charge in [-0.3, -0.25) is 9.59 Å². The van der Waals surface area contributed by atoms with Crippen LogP contribution in [-0.2, 0) is 14.3 Å². The predicted molar refractivity (Wildman–Crippen MR) is 52.5 cm³/mol. The van der Waals surface area contributed by atoms with E-state index in [1.165, 1.54) is 13.8 Å². The Labute approximate surface area is 83.8 Å². The highest BCUT2D eigenvalue weighted by molar-refractivity contribution is 5.82. The van der Waals surface area contributed by atoms with E-state index in [4.69, 9.17) is 16.2 Å². The quantitative estimate of drug-likeness (QED) is 0.570. The van der Waals surface area contributed by atoms with Gasteiger partial charge in [-0.1, -0.05) is 0 Å². The normalized spacial score (nSPS) is 14.6. The second-order valence-corrected chi connectivity index (χ2v) is 3.22. The summed E-state index contributed by atoms with van der Waals surface area (Å²) in [5.74, 6) is -0.614. The summed E-state index contributed by atoms with van der Waals surface area (Å²) in [6.07, 6.45) is 0.656. The summed E-state index contributed by atoms with van der Waals surface area (Å²) < 4.78 is 4.94. The van der Waals surface area contributed by atoms with E-state index in [1.807, 2.05) is 0 Å². The molecule has 2 unspecified atom stereocenters. The molecule has 82 valence electrons. The van der Waals surface area contributed by atoms with Gasteiger partial charge < -0.3 is 16.2 Å². The van der Waals surface area contributed by atoms with Crippen LogP contribution in [0.5, 0.6) is 0 Å². The van der Waals surface area contributed by atoms with Crippen LogP contribution < -0.4 is 11.5 Å². The summed E-state index contributed by atoms with van der Waals surface area (Å²) in [7, 11) is 0.